The fourth-order valence-corrected chi connectivity index (χ4v) is 2.85. The molecule has 0 aromatic heterocycles. The number of ketones is 1. The number of Topliss-reactive ketones (excluding diaryl/α,β-unsaturated/α-hetero) is 1. The molecule has 1 aliphatic rings. The number of hydrogen-bond donors (Lipinski definition) is 1. The smallest absolute Gasteiger partial charge is 0.373 e. The summed E-state index contributed by atoms with van der Waals surface area (Å²) in [5.74, 6) is -1.18. The molecule has 2 aromatic rings. The first-order valence-corrected chi connectivity index (χ1v) is 8.08. The summed E-state index contributed by atoms with van der Waals surface area (Å²) < 4.78 is 38.4. The molecule has 8 heteroatoms. The number of carbonyl (C=O) groups is 3. The molecule has 27 heavy (non-hydrogen) atoms. The van der Waals surface area contributed by atoms with Gasteiger partial charge < -0.3 is 5.32 Å². The number of carbonyl (C=O) groups excluding carboxylic acids is 3. The lowest BCUT2D eigenvalue weighted by Gasteiger charge is -2.17. The molecule has 2 aromatic carbocycles. The summed E-state index contributed by atoms with van der Waals surface area (Å²) in [6.07, 6.45) is -4.68. The standard InChI is InChI=1S/C19H15F3N2O3/c1-11(25)12-5-7-15(8-6-12)24-17(26)10-16(18(24)27)23-14-4-2-3-13(9-14)19(20,21)22/h2-9,16,23H,10H2,1H3. The molecule has 0 saturated carbocycles. The van der Waals surface area contributed by atoms with E-state index in [2.05, 4.69) is 5.32 Å². The summed E-state index contributed by atoms with van der Waals surface area (Å²) in [4.78, 5) is 37.1. The minimum absolute atomic E-state index is 0.102. The molecule has 0 aliphatic carbocycles. The average molecular weight is 376 g/mol. The number of imide groups is 1. The van der Waals surface area contributed by atoms with Crippen molar-refractivity contribution in [3.8, 4) is 0 Å². The van der Waals surface area contributed by atoms with E-state index < -0.39 is 29.6 Å². The highest BCUT2D eigenvalue weighted by Crippen LogP contribution is 2.31. The largest absolute Gasteiger partial charge is 0.416 e. The Morgan fingerprint density at radius 2 is 1.78 bits per heavy atom. The van der Waals surface area contributed by atoms with Gasteiger partial charge in [0.2, 0.25) is 5.91 Å². The molecular formula is C19H15F3N2O3. The van der Waals surface area contributed by atoms with Crippen molar-refractivity contribution in [2.75, 3.05) is 10.2 Å². The van der Waals surface area contributed by atoms with Crippen LogP contribution in [0.2, 0.25) is 0 Å². The van der Waals surface area contributed by atoms with E-state index in [4.69, 9.17) is 0 Å². The predicted octanol–water partition coefficient (Wildman–Crippen LogP) is 3.65. The van der Waals surface area contributed by atoms with Crippen molar-refractivity contribution in [3.63, 3.8) is 0 Å². The molecule has 1 aliphatic heterocycles. The third kappa shape index (κ3) is 3.84. The van der Waals surface area contributed by atoms with Gasteiger partial charge in [-0.25, -0.2) is 4.90 Å². The topological polar surface area (TPSA) is 66.5 Å². The number of hydrogen-bond acceptors (Lipinski definition) is 4. The first-order chi connectivity index (χ1) is 12.7. The van der Waals surface area contributed by atoms with Gasteiger partial charge >= 0.3 is 6.18 Å². The summed E-state index contributed by atoms with van der Waals surface area (Å²) >= 11 is 0. The van der Waals surface area contributed by atoms with Gasteiger partial charge in [-0.15, -0.1) is 0 Å². The van der Waals surface area contributed by atoms with Crippen molar-refractivity contribution in [2.45, 2.75) is 25.6 Å². The Morgan fingerprint density at radius 1 is 1.11 bits per heavy atom. The van der Waals surface area contributed by atoms with Gasteiger partial charge in [0, 0.05) is 11.3 Å². The molecule has 0 radical (unpaired) electrons. The van der Waals surface area contributed by atoms with Crippen molar-refractivity contribution in [3.05, 3.63) is 59.7 Å². The lowest BCUT2D eigenvalue weighted by molar-refractivity contribution is -0.137. The van der Waals surface area contributed by atoms with Crippen molar-refractivity contribution in [1.82, 2.24) is 0 Å². The number of amides is 2. The molecule has 1 N–H and O–H groups in total. The molecule has 0 spiro atoms. The number of rotatable bonds is 4. The molecule has 0 bridgehead atoms. The van der Waals surface area contributed by atoms with Crippen LogP contribution in [0.1, 0.15) is 29.3 Å². The predicted molar refractivity (Wildman–Crippen MR) is 92.4 cm³/mol. The lowest BCUT2D eigenvalue weighted by Crippen LogP contribution is -2.34. The van der Waals surface area contributed by atoms with Gasteiger partial charge in [-0.2, -0.15) is 13.2 Å². The summed E-state index contributed by atoms with van der Waals surface area (Å²) in [5.41, 5.74) is 0.00512. The first-order valence-electron chi connectivity index (χ1n) is 8.08. The van der Waals surface area contributed by atoms with Crippen LogP contribution < -0.4 is 10.2 Å². The molecule has 1 atom stereocenters. The average Bonchev–Trinajstić information content (AvgIpc) is 2.88. The normalized spacial score (nSPS) is 17.3. The van der Waals surface area contributed by atoms with Crippen LogP contribution in [0.3, 0.4) is 0 Å². The highest BCUT2D eigenvalue weighted by atomic mass is 19.4. The van der Waals surface area contributed by atoms with Crippen LogP contribution in [-0.2, 0) is 15.8 Å². The Morgan fingerprint density at radius 3 is 2.37 bits per heavy atom. The van der Waals surface area contributed by atoms with E-state index in [9.17, 15) is 27.6 Å². The minimum atomic E-state index is -4.50. The van der Waals surface area contributed by atoms with Gasteiger partial charge in [0.05, 0.1) is 17.7 Å². The van der Waals surface area contributed by atoms with E-state index in [-0.39, 0.29) is 17.9 Å². The SMILES string of the molecule is CC(=O)c1ccc(N2C(=O)CC(Nc3cccc(C(F)(F)F)c3)C2=O)cc1. The van der Waals surface area contributed by atoms with Crippen molar-refractivity contribution in [2.24, 2.45) is 0 Å². The van der Waals surface area contributed by atoms with Crippen LogP contribution in [0.5, 0.6) is 0 Å². The highest BCUT2D eigenvalue weighted by molar-refractivity contribution is 6.23. The van der Waals surface area contributed by atoms with E-state index in [1.807, 2.05) is 0 Å². The molecule has 3 rings (SSSR count). The van der Waals surface area contributed by atoms with Crippen LogP contribution in [0.15, 0.2) is 48.5 Å². The maximum Gasteiger partial charge on any atom is 0.416 e. The van der Waals surface area contributed by atoms with Crippen molar-refractivity contribution < 1.29 is 27.6 Å². The number of nitrogens with zero attached hydrogens (tertiary/aromatic N) is 1. The van der Waals surface area contributed by atoms with Crippen molar-refractivity contribution in [1.29, 1.82) is 0 Å². The maximum absolute atomic E-state index is 12.8. The van der Waals surface area contributed by atoms with Crippen LogP contribution in [0.25, 0.3) is 0 Å². The van der Waals surface area contributed by atoms with Gasteiger partial charge in [-0.3, -0.25) is 14.4 Å². The molecular weight excluding hydrogens is 361 g/mol. The second-order valence-corrected chi connectivity index (χ2v) is 6.15. The molecule has 1 unspecified atom stereocenters. The Labute approximate surface area is 152 Å². The second kappa shape index (κ2) is 6.86. The fourth-order valence-electron chi connectivity index (χ4n) is 2.85. The first kappa shape index (κ1) is 18.6. The van der Waals surface area contributed by atoms with E-state index in [1.54, 1.807) is 0 Å². The Hall–Kier alpha value is -3.16. The van der Waals surface area contributed by atoms with Crippen LogP contribution in [0.4, 0.5) is 24.5 Å². The van der Waals surface area contributed by atoms with E-state index >= 15 is 0 Å². The number of benzene rings is 2. The van der Waals surface area contributed by atoms with Crippen LogP contribution in [-0.4, -0.2) is 23.6 Å². The third-order valence-electron chi connectivity index (χ3n) is 4.21. The molecule has 1 saturated heterocycles. The molecule has 1 heterocycles. The van der Waals surface area contributed by atoms with Gasteiger partial charge in [-0.05, 0) is 49.4 Å². The second-order valence-electron chi connectivity index (χ2n) is 6.15. The number of halogens is 3. The maximum atomic E-state index is 12.8. The lowest BCUT2D eigenvalue weighted by atomic mass is 10.1. The quantitative estimate of drug-likeness (QED) is 0.653. The monoisotopic (exact) mass is 376 g/mol. The van der Waals surface area contributed by atoms with E-state index in [0.717, 1.165) is 17.0 Å². The molecule has 1 fully saturated rings. The van der Waals surface area contributed by atoms with Gasteiger partial charge in [-0.1, -0.05) is 6.07 Å². The fraction of sp³-hybridized carbons (Fsp3) is 0.211. The van der Waals surface area contributed by atoms with Crippen LogP contribution >= 0.6 is 0 Å². The summed E-state index contributed by atoms with van der Waals surface area (Å²) in [6, 6.07) is 9.46. The minimum Gasteiger partial charge on any atom is -0.373 e. The third-order valence-corrected chi connectivity index (χ3v) is 4.21. The van der Waals surface area contributed by atoms with E-state index in [0.29, 0.717) is 11.3 Å². The highest BCUT2D eigenvalue weighted by Gasteiger charge is 2.40. The van der Waals surface area contributed by atoms with Gasteiger partial charge in [0.15, 0.2) is 5.78 Å². The summed E-state index contributed by atoms with van der Waals surface area (Å²) in [6.45, 7) is 1.40. The number of nitrogens with one attached hydrogen (secondary N) is 1. The Kier molecular flexibility index (Phi) is 4.73. The summed E-state index contributed by atoms with van der Waals surface area (Å²) in [5, 5.41) is 2.70. The van der Waals surface area contributed by atoms with Crippen LogP contribution in [0, 0.1) is 0 Å². The van der Waals surface area contributed by atoms with Gasteiger partial charge in [0.25, 0.3) is 5.91 Å². The molecule has 140 valence electrons. The zero-order valence-corrected chi connectivity index (χ0v) is 14.2. The van der Waals surface area contributed by atoms with E-state index in [1.165, 1.54) is 43.3 Å². The molecule has 2 amide bonds. The number of alkyl halides is 3. The molecule has 5 nitrogen and oxygen atoms in total. The Balaban J connectivity index is 1.79. The zero-order valence-electron chi connectivity index (χ0n) is 14.2. The zero-order chi connectivity index (χ0) is 19.8. The Bertz CT molecular complexity index is 907. The van der Waals surface area contributed by atoms with Gasteiger partial charge in [0.1, 0.15) is 6.04 Å². The van der Waals surface area contributed by atoms with Crippen molar-refractivity contribution >= 4 is 29.0 Å². The summed E-state index contributed by atoms with van der Waals surface area (Å²) in [7, 11) is 0. The number of anilines is 2.